The number of methoxy groups -OCH3 is 2. The lowest BCUT2D eigenvalue weighted by Gasteiger charge is -2.37. The second-order valence-electron chi connectivity index (χ2n) is 11.9. The lowest BCUT2D eigenvalue weighted by atomic mass is 9.98. The number of rotatable bonds is 13. The monoisotopic (exact) mass is 621 g/mol. The van der Waals surface area contributed by atoms with Gasteiger partial charge in [-0.05, 0) is 54.2 Å². The molecular formula is C32H45ClFNO6Si. The maximum atomic E-state index is 14.7. The van der Waals surface area contributed by atoms with Gasteiger partial charge in [0.05, 0.1) is 44.1 Å². The zero-order valence-corrected chi connectivity index (χ0v) is 28.2. The zero-order chi connectivity index (χ0) is 31.8. The van der Waals surface area contributed by atoms with Crippen LogP contribution in [0.1, 0.15) is 58.2 Å². The van der Waals surface area contributed by atoms with E-state index in [9.17, 15) is 14.3 Å². The molecule has 0 heterocycles. The predicted octanol–water partition coefficient (Wildman–Crippen LogP) is 8.04. The number of benzene rings is 2. The Morgan fingerprint density at radius 1 is 1.12 bits per heavy atom. The fourth-order valence-corrected chi connectivity index (χ4v) is 5.05. The van der Waals surface area contributed by atoms with E-state index < -0.39 is 25.9 Å². The smallest absolute Gasteiger partial charge is 0.343 e. The van der Waals surface area contributed by atoms with Crippen molar-refractivity contribution in [2.24, 2.45) is 10.9 Å². The molecule has 10 heteroatoms. The molecule has 0 aromatic heterocycles. The Morgan fingerprint density at radius 2 is 1.76 bits per heavy atom. The number of hydrogen-bond donors (Lipinski definition) is 1. The van der Waals surface area contributed by atoms with E-state index in [1.165, 1.54) is 26.5 Å². The Kier molecular flexibility index (Phi) is 12.6. The van der Waals surface area contributed by atoms with Crippen LogP contribution in [-0.4, -0.2) is 59.1 Å². The average molecular weight is 622 g/mol. The number of halogens is 2. The molecule has 232 valence electrons. The SMILES string of the molecule is CCOC(=O)/C(C=N[C@H](CO[Si](C)(C)C(C)(C)C)C(C)C)=C(\O)c1cc(Cc2cccc(Cl)c2F)c(OC)cc1OC. The summed E-state index contributed by atoms with van der Waals surface area (Å²) in [6, 6.07) is 7.65. The third-order valence-electron chi connectivity index (χ3n) is 7.61. The molecule has 0 radical (unpaired) electrons. The summed E-state index contributed by atoms with van der Waals surface area (Å²) in [7, 11) is 0.883. The third kappa shape index (κ3) is 8.81. The fourth-order valence-electron chi connectivity index (χ4n) is 3.83. The highest BCUT2D eigenvalue weighted by molar-refractivity contribution is 6.74. The van der Waals surface area contributed by atoms with Crippen LogP contribution in [0, 0.1) is 11.7 Å². The van der Waals surface area contributed by atoms with Gasteiger partial charge in [0, 0.05) is 18.7 Å². The molecule has 2 aromatic rings. The minimum Gasteiger partial charge on any atom is -0.506 e. The van der Waals surface area contributed by atoms with Crippen LogP contribution < -0.4 is 9.47 Å². The predicted molar refractivity (Wildman–Crippen MR) is 170 cm³/mol. The summed E-state index contributed by atoms with van der Waals surface area (Å²) in [5.41, 5.74) is 0.945. The Bertz CT molecular complexity index is 1300. The van der Waals surface area contributed by atoms with Crippen molar-refractivity contribution in [2.75, 3.05) is 27.4 Å². The molecule has 2 aromatic carbocycles. The lowest BCUT2D eigenvalue weighted by molar-refractivity contribution is -0.137. The zero-order valence-electron chi connectivity index (χ0n) is 26.4. The maximum Gasteiger partial charge on any atom is 0.343 e. The third-order valence-corrected chi connectivity index (χ3v) is 12.4. The topological polar surface area (TPSA) is 86.6 Å². The largest absolute Gasteiger partial charge is 0.506 e. The van der Waals surface area contributed by atoms with Crippen molar-refractivity contribution < 1.29 is 32.9 Å². The first kappa shape index (κ1) is 35.3. The summed E-state index contributed by atoms with van der Waals surface area (Å²) in [5.74, 6) is -0.916. The van der Waals surface area contributed by atoms with Crippen molar-refractivity contribution >= 4 is 37.9 Å². The lowest BCUT2D eigenvalue weighted by Crippen LogP contribution is -2.43. The van der Waals surface area contributed by atoms with Gasteiger partial charge in [-0.15, -0.1) is 0 Å². The van der Waals surface area contributed by atoms with Gasteiger partial charge < -0.3 is 23.7 Å². The molecule has 0 aliphatic rings. The minimum atomic E-state index is -2.04. The Balaban J connectivity index is 2.63. The van der Waals surface area contributed by atoms with Gasteiger partial charge in [0.15, 0.2) is 8.32 Å². The second-order valence-corrected chi connectivity index (χ2v) is 17.1. The fraction of sp³-hybridized carbons (Fsp3) is 0.500. The molecule has 1 atom stereocenters. The van der Waals surface area contributed by atoms with Gasteiger partial charge in [0.1, 0.15) is 28.6 Å². The standard InChI is InChI=1S/C32H45ClFNO6Si/c1-11-40-31(37)24(18-35-26(20(2)3)19-41-42(9,10)32(4,5)6)30(36)23-16-22(27(38-7)17-28(23)39-8)15-21-13-12-14-25(33)29(21)34/h12-14,16-18,20,26,36H,11,15,19H2,1-10H3/b30-24-,35-18?/t26-/m1/s1. The van der Waals surface area contributed by atoms with Crippen LogP contribution >= 0.6 is 11.6 Å². The molecule has 1 N–H and O–H groups in total. The van der Waals surface area contributed by atoms with E-state index in [0.29, 0.717) is 23.5 Å². The van der Waals surface area contributed by atoms with Crippen molar-refractivity contribution in [2.45, 2.75) is 72.1 Å². The Labute approximate surface area is 255 Å². The summed E-state index contributed by atoms with van der Waals surface area (Å²) in [5, 5.41) is 11.5. The molecular weight excluding hydrogens is 577 g/mol. The quantitative estimate of drug-likeness (QED) is 0.0801. The highest BCUT2D eigenvalue weighted by Gasteiger charge is 2.37. The molecule has 0 saturated heterocycles. The number of hydrogen-bond acceptors (Lipinski definition) is 7. The molecule has 0 aliphatic heterocycles. The molecule has 0 unspecified atom stereocenters. The summed E-state index contributed by atoms with van der Waals surface area (Å²) < 4.78 is 37.5. The number of aliphatic hydroxyl groups is 1. The maximum absolute atomic E-state index is 14.7. The van der Waals surface area contributed by atoms with Gasteiger partial charge in [0.2, 0.25) is 0 Å². The number of carbonyl (C=O) groups excluding carboxylic acids is 1. The molecule has 0 aliphatic carbocycles. The van der Waals surface area contributed by atoms with Gasteiger partial charge in [-0.25, -0.2) is 9.18 Å². The van der Waals surface area contributed by atoms with E-state index in [2.05, 4.69) is 38.9 Å². The van der Waals surface area contributed by atoms with E-state index in [1.54, 1.807) is 31.2 Å². The summed E-state index contributed by atoms with van der Waals surface area (Å²) in [4.78, 5) is 17.8. The number of nitrogens with zero attached hydrogens (tertiary/aromatic N) is 1. The Morgan fingerprint density at radius 3 is 2.31 bits per heavy atom. The first-order valence-electron chi connectivity index (χ1n) is 14.0. The molecule has 0 bridgehead atoms. The number of carbonyl (C=O) groups is 1. The van der Waals surface area contributed by atoms with Crippen molar-refractivity contribution in [3.05, 3.63) is 63.4 Å². The van der Waals surface area contributed by atoms with Gasteiger partial charge >= 0.3 is 5.97 Å². The number of esters is 1. The summed E-state index contributed by atoms with van der Waals surface area (Å²) in [6.45, 7) is 17.1. The van der Waals surface area contributed by atoms with E-state index in [0.717, 1.165) is 0 Å². The van der Waals surface area contributed by atoms with Gasteiger partial charge in [0.25, 0.3) is 0 Å². The molecule has 0 fully saturated rings. The van der Waals surface area contributed by atoms with Crippen LogP contribution in [-0.2, 0) is 20.4 Å². The summed E-state index contributed by atoms with van der Waals surface area (Å²) in [6.07, 6.45) is 1.45. The van der Waals surface area contributed by atoms with Crippen LogP contribution in [0.15, 0.2) is 40.9 Å². The van der Waals surface area contributed by atoms with Crippen LogP contribution in [0.2, 0.25) is 23.2 Å². The van der Waals surface area contributed by atoms with Crippen LogP contribution in [0.4, 0.5) is 4.39 Å². The molecule has 42 heavy (non-hydrogen) atoms. The van der Waals surface area contributed by atoms with Crippen molar-refractivity contribution in [1.29, 1.82) is 0 Å². The van der Waals surface area contributed by atoms with Crippen LogP contribution in [0.25, 0.3) is 5.76 Å². The normalized spacial score (nSPS) is 13.7. The Hall–Kier alpha value is -2.88. The molecule has 7 nitrogen and oxygen atoms in total. The summed E-state index contributed by atoms with van der Waals surface area (Å²) >= 11 is 5.99. The molecule has 2 rings (SSSR count). The number of aliphatic imine (C=N–C) groups is 1. The van der Waals surface area contributed by atoms with Crippen molar-refractivity contribution in [3.63, 3.8) is 0 Å². The highest BCUT2D eigenvalue weighted by Crippen LogP contribution is 2.37. The van der Waals surface area contributed by atoms with E-state index in [-0.39, 0.29) is 51.9 Å². The first-order valence-corrected chi connectivity index (χ1v) is 17.3. The highest BCUT2D eigenvalue weighted by atomic mass is 35.5. The van der Waals surface area contributed by atoms with Gasteiger partial charge in [-0.3, -0.25) is 4.99 Å². The van der Waals surface area contributed by atoms with E-state index >= 15 is 0 Å². The number of ether oxygens (including phenoxy) is 3. The van der Waals surface area contributed by atoms with Crippen molar-refractivity contribution in [1.82, 2.24) is 0 Å². The molecule has 0 saturated carbocycles. The van der Waals surface area contributed by atoms with Crippen LogP contribution in [0.3, 0.4) is 0 Å². The van der Waals surface area contributed by atoms with Gasteiger partial charge in [-0.1, -0.05) is 58.4 Å². The van der Waals surface area contributed by atoms with E-state index in [1.807, 2.05) is 13.8 Å². The van der Waals surface area contributed by atoms with Crippen molar-refractivity contribution in [3.8, 4) is 11.5 Å². The first-order chi connectivity index (χ1) is 19.6. The molecule has 0 spiro atoms. The molecule has 0 amide bonds. The van der Waals surface area contributed by atoms with Crippen LogP contribution in [0.5, 0.6) is 11.5 Å². The van der Waals surface area contributed by atoms with E-state index in [4.69, 9.17) is 30.2 Å². The number of aliphatic hydroxyl groups excluding tert-OH is 1. The van der Waals surface area contributed by atoms with Gasteiger partial charge in [-0.2, -0.15) is 0 Å². The second kappa shape index (κ2) is 15.0. The minimum absolute atomic E-state index is 0.000921. The average Bonchev–Trinajstić information content (AvgIpc) is 2.91.